The van der Waals surface area contributed by atoms with E-state index in [1.165, 1.54) is 24.2 Å². The lowest BCUT2D eigenvalue weighted by molar-refractivity contribution is 0.0935. The fourth-order valence-electron chi connectivity index (χ4n) is 3.50. The van der Waals surface area contributed by atoms with Crippen LogP contribution in [0.15, 0.2) is 36.4 Å². The number of aryl methyl sites for hydroxylation is 1. The number of nitrogens with one attached hydrogen (secondary N) is 2. The molecule has 0 radical (unpaired) electrons. The van der Waals surface area contributed by atoms with Crippen molar-refractivity contribution in [2.75, 3.05) is 0 Å². The summed E-state index contributed by atoms with van der Waals surface area (Å²) in [5.41, 5.74) is 1.08. The van der Waals surface area contributed by atoms with E-state index >= 15 is 0 Å². The minimum atomic E-state index is 0.00832. The Morgan fingerprint density at radius 2 is 2.13 bits per heavy atom. The second kappa shape index (κ2) is 5.98. The molecular formula is C18H20N2O2S. The maximum atomic E-state index is 12.4. The maximum Gasteiger partial charge on any atom is 0.261 e. The molecule has 3 atom stereocenters. The van der Waals surface area contributed by atoms with Gasteiger partial charge in [-0.2, -0.15) is 0 Å². The van der Waals surface area contributed by atoms with Gasteiger partial charge in [-0.3, -0.25) is 4.79 Å². The van der Waals surface area contributed by atoms with Crippen LogP contribution in [0.25, 0.3) is 0 Å². The third kappa shape index (κ3) is 2.99. The molecule has 2 aliphatic rings. The monoisotopic (exact) mass is 328 g/mol. The number of carbonyl (C=O) groups is 1. The van der Waals surface area contributed by atoms with Crippen molar-refractivity contribution < 1.29 is 9.53 Å². The fourth-order valence-corrected chi connectivity index (χ4v) is 4.27. The van der Waals surface area contributed by atoms with E-state index in [4.69, 9.17) is 4.74 Å². The Balaban J connectivity index is 1.41. The lowest BCUT2D eigenvalue weighted by atomic mass is 9.95. The van der Waals surface area contributed by atoms with E-state index in [0.717, 1.165) is 22.8 Å². The molecule has 0 aliphatic carbocycles. The van der Waals surface area contributed by atoms with E-state index in [-0.39, 0.29) is 11.9 Å². The predicted molar refractivity (Wildman–Crippen MR) is 91.4 cm³/mol. The van der Waals surface area contributed by atoms with Gasteiger partial charge in [-0.1, -0.05) is 29.5 Å². The Hall–Kier alpha value is -1.85. The van der Waals surface area contributed by atoms with Gasteiger partial charge in [0, 0.05) is 18.1 Å². The molecule has 2 aliphatic heterocycles. The van der Waals surface area contributed by atoms with Crippen molar-refractivity contribution in [3.63, 3.8) is 0 Å². The fraction of sp³-hybridized carbons (Fsp3) is 0.389. The minimum Gasteiger partial charge on any atom is -0.446 e. The van der Waals surface area contributed by atoms with E-state index in [1.54, 1.807) is 0 Å². The number of benzene rings is 1. The molecule has 2 fully saturated rings. The van der Waals surface area contributed by atoms with Crippen LogP contribution < -0.4 is 15.4 Å². The second-order valence-electron chi connectivity index (χ2n) is 6.35. The highest BCUT2D eigenvalue weighted by Gasteiger charge is 2.39. The van der Waals surface area contributed by atoms with Crippen LogP contribution in [-0.4, -0.2) is 24.0 Å². The lowest BCUT2D eigenvalue weighted by Crippen LogP contribution is -2.42. The summed E-state index contributed by atoms with van der Waals surface area (Å²) >= 11 is 1.39. The number of carbonyl (C=O) groups excluding carboxylic acids is 1. The molecule has 0 saturated carbocycles. The topological polar surface area (TPSA) is 50.4 Å². The van der Waals surface area contributed by atoms with Gasteiger partial charge in [0.1, 0.15) is 5.75 Å². The van der Waals surface area contributed by atoms with Gasteiger partial charge >= 0.3 is 0 Å². The first-order valence-corrected chi connectivity index (χ1v) is 8.91. The summed E-state index contributed by atoms with van der Waals surface area (Å²) in [7, 11) is 0. The van der Waals surface area contributed by atoms with Gasteiger partial charge in [0.05, 0.1) is 4.88 Å². The third-order valence-electron chi connectivity index (χ3n) is 4.73. The van der Waals surface area contributed by atoms with Crippen molar-refractivity contribution in [3.05, 3.63) is 46.8 Å². The third-order valence-corrected chi connectivity index (χ3v) is 5.69. The van der Waals surface area contributed by atoms with Gasteiger partial charge in [0.2, 0.25) is 0 Å². The van der Waals surface area contributed by atoms with Gasteiger partial charge in [0.25, 0.3) is 5.91 Å². The van der Waals surface area contributed by atoms with Crippen LogP contribution in [-0.2, 0) is 0 Å². The van der Waals surface area contributed by atoms with Crippen molar-refractivity contribution in [3.8, 4) is 10.8 Å². The Bertz CT molecular complexity index is 727. The van der Waals surface area contributed by atoms with Gasteiger partial charge in [-0.15, -0.1) is 0 Å². The van der Waals surface area contributed by atoms with Crippen molar-refractivity contribution in [2.24, 2.45) is 0 Å². The first-order chi connectivity index (χ1) is 11.2. The van der Waals surface area contributed by atoms with Crippen LogP contribution in [0.4, 0.5) is 0 Å². The first kappa shape index (κ1) is 14.7. The zero-order valence-electron chi connectivity index (χ0n) is 13.0. The summed E-state index contributed by atoms with van der Waals surface area (Å²) in [5, 5.41) is 7.46. The molecule has 0 spiro atoms. The molecule has 2 aromatic rings. The number of rotatable bonds is 4. The number of amides is 1. The van der Waals surface area contributed by atoms with Gasteiger partial charge < -0.3 is 15.4 Å². The number of para-hydroxylation sites is 1. The zero-order chi connectivity index (χ0) is 15.8. The summed E-state index contributed by atoms with van der Waals surface area (Å²) in [6, 6.07) is 12.9. The Labute approximate surface area is 139 Å². The molecule has 120 valence electrons. The van der Waals surface area contributed by atoms with Crippen LogP contribution in [0.5, 0.6) is 10.8 Å². The molecule has 1 aromatic carbocycles. The van der Waals surface area contributed by atoms with Crippen LogP contribution >= 0.6 is 11.3 Å². The Morgan fingerprint density at radius 3 is 2.87 bits per heavy atom. The molecular weight excluding hydrogens is 308 g/mol. The number of hydrogen-bond acceptors (Lipinski definition) is 4. The maximum absolute atomic E-state index is 12.4. The number of fused-ring (bicyclic) bond motifs is 2. The average Bonchev–Trinajstić information content (AvgIpc) is 3.26. The minimum absolute atomic E-state index is 0.00832. The molecule has 2 N–H and O–H groups in total. The van der Waals surface area contributed by atoms with E-state index in [2.05, 4.69) is 10.6 Å². The highest BCUT2D eigenvalue weighted by Crippen LogP contribution is 2.32. The molecule has 4 nitrogen and oxygen atoms in total. The summed E-state index contributed by atoms with van der Waals surface area (Å²) in [4.78, 5) is 13.1. The highest BCUT2D eigenvalue weighted by atomic mass is 32.1. The molecule has 3 unspecified atom stereocenters. The van der Waals surface area contributed by atoms with E-state index in [1.807, 2.05) is 43.3 Å². The van der Waals surface area contributed by atoms with E-state index < -0.39 is 0 Å². The van der Waals surface area contributed by atoms with Gasteiger partial charge in [-0.25, -0.2) is 0 Å². The van der Waals surface area contributed by atoms with Crippen LogP contribution in [0, 0.1) is 6.92 Å². The quantitative estimate of drug-likeness (QED) is 0.903. The molecule has 3 heterocycles. The highest BCUT2D eigenvalue weighted by molar-refractivity contribution is 7.15. The first-order valence-electron chi connectivity index (χ1n) is 8.09. The predicted octanol–water partition coefficient (Wildman–Crippen LogP) is 3.47. The molecule has 5 heteroatoms. The number of thiophene rings is 1. The van der Waals surface area contributed by atoms with Crippen molar-refractivity contribution >= 4 is 17.2 Å². The van der Waals surface area contributed by atoms with Gasteiger partial charge in [-0.05, 0) is 49.9 Å². The summed E-state index contributed by atoms with van der Waals surface area (Å²) in [5.74, 6) is 0.840. The average molecular weight is 328 g/mol. The normalized spacial score (nSPS) is 25.5. The second-order valence-corrected chi connectivity index (χ2v) is 7.40. The van der Waals surface area contributed by atoms with Crippen molar-refractivity contribution in [1.82, 2.24) is 10.6 Å². The lowest BCUT2D eigenvalue weighted by Gasteiger charge is -2.20. The summed E-state index contributed by atoms with van der Waals surface area (Å²) in [6.07, 6.45) is 3.46. The van der Waals surface area contributed by atoms with E-state index in [9.17, 15) is 4.79 Å². The number of hydrogen-bond donors (Lipinski definition) is 2. The van der Waals surface area contributed by atoms with Gasteiger partial charge in [0.15, 0.2) is 5.06 Å². The Morgan fingerprint density at radius 1 is 1.26 bits per heavy atom. The molecule has 23 heavy (non-hydrogen) atoms. The molecule has 2 bridgehead atoms. The largest absolute Gasteiger partial charge is 0.446 e. The SMILES string of the molecule is Cc1ccccc1Oc1ccc(C(=O)NC2CC3CCC2N3)s1. The van der Waals surface area contributed by atoms with Crippen LogP contribution in [0.3, 0.4) is 0 Å². The molecule has 2 saturated heterocycles. The smallest absolute Gasteiger partial charge is 0.261 e. The van der Waals surface area contributed by atoms with Crippen molar-refractivity contribution in [1.29, 1.82) is 0 Å². The number of ether oxygens (including phenoxy) is 1. The Kier molecular flexibility index (Phi) is 3.83. The molecule has 1 amide bonds. The molecule has 1 aromatic heterocycles. The molecule has 4 rings (SSSR count). The zero-order valence-corrected chi connectivity index (χ0v) is 13.9. The summed E-state index contributed by atoms with van der Waals surface area (Å²) < 4.78 is 5.89. The van der Waals surface area contributed by atoms with Crippen LogP contribution in [0.1, 0.15) is 34.5 Å². The van der Waals surface area contributed by atoms with E-state index in [0.29, 0.717) is 17.0 Å². The van der Waals surface area contributed by atoms with Crippen LogP contribution in [0.2, 0.25) is 0 Å². The summed E-state index contributed by atoms with van der Waals surface area (Å²) in [6.45, 7) is 2.01. The van der Waals surface area contributed by atoms with Crippen molar-refractivity contribution in [2.45, 2.75) is 44.3 Å². The standard InChI is InChI=1S/C18H20N2O2S/c1-11-4-2-3-5-15(11)22-17-9-8-16(23-17)18(21)20-14-10-12-6-7-13(14)19-12/h2-5,8-9,12-14,19H,6-7,10H2,1H3,(H,20,21).